The van der Waals surface area contributed by atoms with Crippen molar-refractivity contribution in [2.24, 2.45) is 5.92 Å². The zero-order valence-corrected chi connectivity index (χ0v) is 18.0. The van der Waals surface area contributed by atoms with E-state index in [4.69, 9.17) is 4.74 Å². The first-order valence-electron chi connectivity index (χ1n) is 10.4. The van der Waals surface area contributed by atoms with Gasteiger partial charge in [-0.2, -0.15) is 0 Å². The van der Waals surface area contributed by atoms with Crippen LogP contribution < -0.4 is 14.8 Å². The highest BCUT2D eigenvalue weighted by Crippen LogP contribution is 2.35. The van der Waals surface area contributed by atoms with Gasteiger partial charge in [0.15, 0.2) is 0 Å². The number of imide groups is 1. The van der Waals surface area contributed by atoms with Crippen LogP contribution in [0.1, 0.15) is 62.6 Å². The summed E-state index contributed by atoms with van der Waals surface area (Å²) < 4.78 is 35.5. The van der Waals surface area contributed by atoms with E-state index < -0.39 is 6.43 Å². The Bertz CT molecular complexity index is 746. The number of amides is 3. The number of ether oxygens (including phenoxy) is 1. The van der Waals surface area contributed by atoms with Crippen LogP contribution >= 0.6 is 11.9 Å². The molecule has 1 saturated carbocycles. The number of carbonyl (C=O) groups is 2. The molecule has 2 fully saturated rings. The normalized spacial score (nSPS) is 17.5. The van der Waals surface area contributed by atoms with E-state index >= 15 is 0 Å². The Labute approximate surface area is 180 Å². The van der Waals surface area contributed by atoms with Crippen molar-refractivity contribution in [2.75, 3.05) is 25.4 Å². The van der Waals surface area contributed by atoms with Crippen molar-refractivity contribution in [3.8, 4) is 5.75 Å². The van der Waals surface area contributed by atoms with Crippen molar-refractivity contribution in [1.29, 1.82) is 0 Å². The van der Waals surface area contributed by atoms with E-state index in [1.54, 1.807) is 24.1 Å². The average Bonchev–Trinajstić information content (AvgIpc) is 3.48. The summed E-state index contributed by atoms with van der Waals surface area (Å²) in [5, 5.41) is 2.27. The maximum absolute atomic E-state index is 13.2. The molecule has 1 aliphatic carbocycles. The third-order valence-electron chi connectivity index (χ3n) is 5.25. The lowest BCUT2D eigenvalue weighted by Gasteiger charge is -2.17. The molecule has 1 heterocycles. The molecular formula is C21H29F2N3O3S. The third-order valence-corrected chi connectivity index (χ3v) is 6.26. The highest BCUT2D eigenvalue weighted by molar-refractivity contribution is 7.97. The monoisotopic (exact) mass is 441 g/mol. The number of hydrogen-bond donors (Lipinski definition) is 2. The van der Waals surface area contributed by atoms with Gasteiger partial charge in [0.2, 0.25) is 5.91 Å². The van der Waals surface area contributed by atoms with Gasteiger partial charge in [-0.3, -0.25) is 14.8 Å². The molecule has 0 aromatic heterocycles. The Hall–Kier alpha value is -1.87. The second-order valence-electron chi connectivity index (χ2n) is 7.88. The van der Waals surface area contributed by atoms with Crippen molar-refractivity contribution < 1.29 is 23.1 Å². The lowest BCUT2D eigenvalue weighted by atomic mass is 10.1. The number of carbonyl (C=O) groups excluding carboxylic acids is 2. The molecule has 166 valence electrons. The van der Waals surface area contributed by atoms with Gasteiger partial charge in [0.1, 0.15) is 12.3 Å². The fourth-order valence-electron chi connectivity index (χ4n) is 3.19. The SMILES string of the molecule is CC(NSCCCCCN1CC(=O)NC1=O)c1ccc(C(F)F)c(OCC2CC2)c1. The summed E-state index contributed by atoms with van der Waals surface area (Å²) in [6, 6.07) is 4.62. The quantitative estimate of drug-likeness (QED) is 0.269. The highest BCUT2D eigenvalue weighted by Gasteiger charge is 2.26. The number of nitrogens with zero attached hydrogens (tertiary/aromatic N) is 1. The average molecular weight is 442 g/mol. The van der Waals surface area contributed by atoms with Gasteiger partial charge in [-0.15, -0.1) is 0 Å². The number of rotatable bonds is 13. The summed E-state index contributed by atoms with van der Waals surface area (Å²) in [5.41, 5.74) is 0.870. The number of hydrogen-bond acceptors (Lipinski definition) is 5. The number of halogens is 2. The first-order valence-corrected chi connectivity index (χ1v) is 11.4. The van der Waals surface area contributed by atoms with E-state index in [-0.39, 0.29) is 35.8 Å². The topological polar surface area (TPSA) is 70.7 Å². The van der Waals surface area contributed by atoms with E-state index in [9.17, 15) is 18.4 Å². The first kappa shape index (κ1) is 22.8. The van der Waals surface area contributed by atoms with E-state index in [2.05, 4.69) is 10.0 Å². The third kappa shape index (κ3) is 6.84. The fraction of sp³-hybridized carbons (Fsp3) is 0.619. The highest BCUT2D eigenvalue weighted by atomic mass is 32.2. The van der Waals surface area contributed by atoms with Crippen LogP contribution in [0.15, 0.2) is 18.2 Å². The number of unbranched alkanes of at least 4 members (excludes halogenated alkanes) is 2. The molecule has 6 nitrogen and oxygen atoms in total. The molecule has 2 aliphatic rings. The minimum atomic E-state index is -2.55. The Morgan fingerprint density at radius 1 is 1.27 bits per heavy atom. The summed E-state index contributed by atoms with van der Waals surface area (Å²) in [4.78, 5) is 24.1. The second kappa shape index (κ2) is 10.9. The fourth-order valence-corrected chi connectivity index (χ4v) is 4.04. The van der Waals surface area contributed by atoms with Crippen LogP contribution in [0.25, 0.3) is 0 Å². The van der Waals surface area contributed by atoms with Crippen LogP contribution in [-0.4, -0.2) is 42.3 Å². The van der Waals surface area contributed by atoms with E-state index in [0.29, 0.717) is 19.1 Å². The maximum Gasteiger partial charge on any atom is 0.324 e. The van der Waals surface area contributed by atoms with Gasteiger partial charge in [-0.05, 0) is 56.2 Å². The molecule has 3 amide bonds. The van der Waals surface area contributed by atoms with Gasteiger partial charge < -0.3 is 9.64 Å². The molecule has 1 atom stereocenters. The Kier molecular flexibility index (Phi) is 8.32. The maximum atomic E-state index is 13.2. The molecule has 30 heavy (non-hydrogen) atoms. The van der Waals surface area contributed by atoms with Crippen LogP contribution in [0, 0.1) is 5.92 Å². The molecule has 0 bridgehead atoms. The summed E-state index contributed by atoms with van der Waals surface area (Å²) in [6.45, 7) is 3.25. The largest absolute Gasteiger partial charge is 0.493 e. The molecule has 2 N–H and O–H groups in total. The van der Waals surface area contributed by atoms with Crippen molar-refractivity contribution in [3.05, 3.63) is 29.3 Å². The first-order chi connectivity index (χ1) is 14.4. The molecule has 0 radical (unpaired) electrons. The van der Waals surface area contributed by atoms with Gasteiger partial charge >= 0.3 is 6.03 Å². The Morgan fingerprint density at radius 2 is 2.07 bits per heavy atom. The molecule has 3 rings (SSSR count). The van der Waals surface area contributed by atoms with Crippen LogP contribution in [-0.2, 0) is 4.79 Å². The zero-order chi connectivity index (χ0) is 21.5. The lowest BCUT2D eigenvalue weighted by Crippen LogP contribution is -2.29. The second-order valence-corrected chi connectivity index (χ2v) is 8.81. The summed E-state index contributed by atoms with van der Waals surface area (Å²) in [6.07, 6.45) is 2.48. The van der Waals surface area contributed by atoms with E-state index in [1.165, 1.54) is 11.0 Å². The van der Waals surface area contributed by atoms with Gasteiger partial charge in [-0.1, -0.05) is 24.4 Å². The molecule has 1 saturated heterocycles. The molecule has 1 aromatic carbocycles. The minimum absolute atomic E-state index is 0.00399. The minimum Gasteiger partial charge on any atom is -0.493 e. The van der Waals surface area contributed by atoms with Crippen molar-refractivity contribution >= 4 is 23.9 Å². The van der Waals surface area contributed by atoms with Crippen LogP contribution in [0.3, 0.4) is 0 Å². The molecule has 1 aromatic rings. The Balaban J connectivity index is 1.35. The summed E-state index contributed by atoms with van der Waals surface area (Å²) in [5.74, 6) is 1.45. The Morgan fingerprint density at radius 3 is 2.73 bits per heavy atom. The van der Waals surface area contributed by atoms with Gasteiger partial charge in [0.05, 0.1) is 12.2 Å². The van der Waals surface area contributed by atoms with Gasteiger partial charge in [-0.25, -0.2) is 13.6 Å². The molecule has 0 spiro atoms. The number of urea groups is 1. The van der Waals surface area contributed by atoms with E-state index in [1.807, 2.05) is 6.92 Å². The van der Waals surface area contributed by atoms with Crippen LogP contribution in [0.4, 0.5) is 13.6 Å². The predicted octanol–water partition coefficient (Wildman–Crippen LogP) is 4.43. The number of benzene rings is 1. The standard InChI is InChI=1S/C21H29F2N3O3S/c1-14(25-30-10-4-2-3-9-26-12-19(27)24-21(26)28)16-7-8-17(20(22)23)18(11-16)29-13-15-5-6-15/h7-8,11,14-15,20,25H,2-6,9-10,12-13H2,1H3,(H,24,27,28). The molecule has 9 heteroatoms. The summed E-state index contributed by atoms with van der Waals surface area (Å²) in [7, 11) is 0. The van der Waals surface area contributed by atoms with E-state index in [0.717, 1.165) is 43.4 Å². The summed E-state index contributed by atoms with van der Waals surface area (Å²) >= 11 is 1.60. The number of nitrogens with one attached hydrogen (secondary N) is 2. The molecule has 1 unspecified atom stereocenters. The predicted molar refractivity (Wildman–Crippen MR) is 113 cm³/mol. The van der Waals surface area contributed by atoms with Crippen LogP contribution in [0.5, 0.6) is 5.75 Å². The van der Waals surface area contributed by atoms with Crippen molar-refractivity contribution in [2.45, 2.75) is 51.5 Å². The van der Waals surface area contributed by atoms with Crippen LogP contribution in [0.2, 0.25) is 0 Å². The molecular weight excluding hydrogens is 412 g/mol. The smallest absolute Gasteiger partial charge is 0.324 e. The number of alkyl halides is 2. The van der Waals surface area contributed by atoms with Crippen molar-refractivity contribution in [1.82, 2.24) is 14.9 Å². The lowest BCUT2D eigenvalue weighted by molar-refractivity contribution is -0.118. The van der Waals surface area contributed by atoms with Gasteiger partial charge in [0.25, 0.3) is 6.43 Å². The zero-order valence-electron chi connectivity index (χ0n) is 17.2. The van der Waals surface area contributed by atoms with Crippen molar-refractivity contribution in [3.63, 3.8) is 0 Å². The van der Waals surface area contributed by atoms with Gasteiger partial charge in [0, 0.05) is 18.3 Å². The molecule has 1 aliphatic heterocycles.